The van der Waals surface area contributed by atoms with Gasteiger partial charge in [0.1, 0.15) is 5.82 Å². The maximum atomic E-state index is 13.0. The minimum atomic E-state index is -0.624. The summed E-state index contributed by atoms with van der Waals surface area (Å²) in [7, 11) is 0. The molecule has 0 aromatic heterocycles. The molecule has 0 heterocycles. The Kier molecular flexibility index (Phi) is 3.84. The van der Waals surface area contributed by atoms with Crippen LogP contribution in [0.4, 0.5) is 10.1 Å². The van der Waals surface area contributed by atoms with Crippen LogP contribution < -0.4 is 11.1 Å². The molecule has 0 saturated carbocycles. The van der Waals surface area contributed by atoms with E-state index in [2.05, 4.69) is 5.32 Å². The van der Waals surface area contributed by atoms with Crippen LogP contribution in [0.15, 0.2) is 18.2 Å². The van der Waals surface area contributed by atoms with E-state index in [1.54, 1.807) is 6.92 Å². The lowest BCUT2D eigenvalue weighted by molar-refractivity contribution is 0.0951. The molecule has 0 saturated heterocycles. The van der Waals surface area contributed by atoms with Crippen molar-refractivity contribution in [3.05, 3.63) is 29.6 Å². The third-order valence-corrected chi connectivity index (χ3v) is 2.09. The van der Waals surface area contributed by atoms with E-state index in [1.807, 2.05) is 6.07 Å². The smallest absolute Gasteiger partial charge is 0.253 e. The summed E-state index contributed by atoms with van der Waals surface area (Å²) in [5, 5.41) is 11.0. The molecule has 0 radical (unpaired) electrons. The van der Waals surface area contributed by atoms with Crippen LogP contribution in [0.3, 0.4) is 0 Å². The molecule has 1 atom stereocenters. The summed E-state index contributed by atoms with van der Waals surface area (Å²) in [6, 6.07) is 6.01. The van der Waals surface area contributed by atoms with Gasteiger partial charge in [-0.1, -0.05) is 6.07 Å². The van der Waals surface area contributed by atoms with Gasteiger partial charge in [-0.05, 0) is 19.1 Å². The molecule has 3 N–H and O–H groups in total. The van der Waals surface area contributed by atoms with Crippen molar-refractivity contribution in [1.82, 2.24) is 5.32 Å². The Hall–Kier alpha value is -2.09. The van der Waals surface area contributed by atoms with Crippen LogP contribution in [0.1, 0.15) is 17.3 Å². The van der Waals surface area contributed by atoms with Crippen LogP contribution in [-0.2, 0) is 0 Å². The number of nitriles is 1. The monoisotopic (exact) mass is 221 g/mol. The minimum absolute atomic E-state index is 0.0881. The summed E-state index contributed by atoms with van der Waals surface area (Å²) >= 11 is 0. The SMILES string of the molecule is CC(C#N)CNC(=O)c1cccc(F)c1N. The van der Waals surface area contributed by atoms with Crippen molar-refractivity contribution in [3.8, 4) is 6.07 Å². The van der Waals surface area contributed by atoms with Crippen molar-refractivity contribution in [2.45, 2.75) is 6.92 Å². The molecule has 5 heteroatoms. The third kappa shape index (κ3) is 2.70. The van der Waals surface area contributed by atoms with Gasteiger partial charge in [-0.3, -0.25) is 4.79 Å². The molecular weight excluding hydrogens is 209 g/mol. The maximum absolute atomic E-state index is 13.0. The topological polar surface area (TPSA) is 78.9 Å². The largest absolute Gasteiger partial charge is 0.396 e. The van der Waals surface area contributed by atoms with Gasteiger partial charge >= 0.3 is 0 Å². The van der Waals surface area contributed by atoms with E-state index in [-0.39, 0.29) is 23.7 Å². The highest BCUT2D eigenvalue weighted by Crippen LogP contribution is 2.15. The highest BCUT2D eigenvalue weighted by atomic mass is 19.1. The number of para-hydroxylation sites is 1. The number of carbonyl (C=O) groups excluding carboxylic acids is 1. The van der Waals surface area contributed by atoms with Crippen molar-refractivity contribution in [3.63, 3.8) is 0 Å². The fourth-order valence-corrected chi connectivity index (χ4v) is 1.12. The lowest BCUT2D eigenvalue weighted by Gasteiger charge is -2.08. The number of nitrogen functional groups attached to an aromatic ring is 1. The number of amides is 1. The van der Waals surface area contributed by atoms with Crippen LogP contribution in [-0.4, -0.2) is 12.5 Å². The number of hydrogen-bond acceptors (Lipinski definition) is 3. The zero-order valence-corrected chi connectivity index (χ0v) is 8.83. The fraction of sp³-hybridized carbons (Fsp3) is 0.273. The summed E-state index contributed by atoms with van der Waals surface area (Å²) < 4.78 is 13.0. The lowest BCUT2D eigenvalue weighted by atomic mass is 10.1. The average Bonchev–Trinajstić information content (AvgIpc) is 2.29. The summed E-state index contributed by atoms with van der Waals surface area (Å²) in [4.78, 5) is 11.6. The molecule has 1 unspecified atom stereocenters. The first-order valence-corrected chi connectivity index (χ1v) is 4.78. The number of hydrogen-bond donors (Lipinski definition) is 2. The Balaban J connectivity index is 2.75. The molecule has 0 aliphatic carbocycles. The predicted molar refractivity (Wildman–Crippen MR) is 57.9 cm³/mol. The fourth-order valence-electron chi connectivity index (χ4n) is 1.12. The molecule has 1 aromatic rings. The van der Waals surface area contributed by atoms with E-state index in [9.17, 15) is 9.18 Å². The molecule has 1 rings (SSSR count). The highest BCUT2D eigenvalue weighted by molar-refractivity contribution is 5.99. The number of anilines is 1. The highest BCUT2D eigenvalue weighted by Gasteiger charge is 2.12. The lowest BCUT2D eigenvalue weighted by Crippen LogP contribution is -2.28. The molecule has 1 amide bonds. The molecule has 4 nitrogen and oxygen atoms in total. The van der Waals surface area contributed by atoms with Crippen LogP contribution in [0.5, 0.6) is 0 Å². The molecular formula is C11H12FN3O. The average molecular weight is 221 g/mol. The third-order valence-electron chi connectivity index (χ3n) is 2.09. The second kappa shape index (κ2) is 5.12. The van der Waals surface area contributed by atoms with Gasteiger partial charge < -0.3 is 11.1 Å². The number of nitrogens with one attached hydrogen (secondary N) is 1. The Morgan fingerprint density at radius 2 is 2.38 bits per heavy atom. The summed E-state index contributed by atoms with van der Waals surface area (Å²) in [6.45, 7) is 1.89. The van der Waals surface area contributed by atoms with Crippen molar-refractivity contribution in [1.29, 1.82) is 5.26 Å². The van der Waals surface area contributed by atoms with Gasteiger partial charge in [0.05, 0.1) is 23.2 Å². The normalized spacial score (nSPS) is 11.6. The zero-order chi connectivity index (χ0) is 12.1. The van der Waals surface area contributed by atoms with Gasteiger partial charge in [0.2, 0.25) is 0 Å². The Morgan fingerprint density at radius 3 is 3.00 bits per heavy atom. The molecule has 0 aliphatic heterocycles. The zero-order valence-electron chi connectivity index (χ0n) is 8.83. The van der Waals surface area contributed by atoms with E-state index in [1.165, 1.54) is 18.2 Å². The molecule has 1 aromatic carbocycles. The standard InChI is InChI=1S/C11H12FN3O/c1-7(5-13)6-15-11(16)8-3-2-4-9(12)10(8)14/h2-4,7H,6,14H2,1H3,(H,15,16). The number of carbonyl (C=O) groups is 1. The van der Waals surface area contributed by atoms with Crippen LogP contribution in [0.2, 0.25) is 0 Å². The Labute approximate surface area is 92.9 Å². The van der Waals surface area contributed by atoms with Crippen LogP contribution in [0.25, 0.3) is 0 Å². The van der Waals surface area contributed by atoms with Gasteiger partial charge in [-0.2, -0.15) is 5.26 Å². The van der Waals surface area contributed by atoms with Crippen LogP contribution >= 0.6 is 0 Å². The number of nitrogens with zero attached hydrogens (tertiary/aromatic N) is 1. The van der Waals surface area contributed by atoms with Gasteiger partial charge in [0.25, 0.3) is 5.91 Å². The van der Waals surface area contributed by atoms with E-state index >= 15 is 0 Å². The molecule has 84 valence electrons. The molecule has 0 fully saturated rings. The summed E-state index contributed by atoms with van der Waals surface area (Å²) in [6.07, 6.45) is 0. The van der Waals surface area contributed by atoms with Crippen molar-refractivity contribution in [2.75, 3.05) is 12.3 Å². The maximum Gasteiger partial charge on any atom is 0.253 e. The number of rotatable bonds is 3. The van der Waals surface area contributed by atoms with Gasteiger partial charge in [-0.25, -0.2) is 4.39 Å². The van der Waals surface area contributed by atoms with Crippen LogP contribution in [0, 0.1) is 23.1 Å². The summed E-state index contributed by atoms with van der Waals surface area (Å²) in [5.74, 6) is -1.39. The first kappa shape index (κ1) is 12.0. The minimum Gasteiger partial charge on any atom is -0.396 e. The van der Waals surface area contributed by atoms with E-state index in [0.29, 0.717) is 0 Å². The van der Waals surface area contributed by atoms with Gasteiger partial charge in [0.15, 0.2) is 0 Å². The van der Waals surface area contributed by atoms with E-state index in [0.717, 1.165) is 0 Å². The first-order chi connectivity index (χ1) is 7.56. The second-order valence-electron chi connectivity index (χ2n) is 3.44. The second-order valence-corrected chi connectivity index (χ2v) is 3.44. The predicted octanol–water partition coefficient (Wildman–Crippen LogP) is 1.30. The van der Waals surface area contributed by atoms with E-state index < -0.39 is 11.7 Å². The summed E-state index contributed by atoms with van der Waals surface area (Å²) in [5.41, 5.74) is 5.33. The Morgan fingerprint density at radius 1 is 1.69 bits per heavy atom. The first-order valence-electron chi connectivity index (χ1n) is 4.78. The van der Waals surface area contributed by atoms with Crippen molar-refractivity contribution < 1.29 is 9.18 Å². The molecule has 0 aliphatic rings. The van der Waals surface area contributed by atoms with Gasteiger partial charge in [-0.15, -0.1) is 0 Å². The molecule has 0 bridgehead atoms. The Bertz CT molecular complexity index is 439. The number of benzene rings is 1. The molecule has 16 heavy (non-hydrogen) atoms. The molecule has 0 spiro atoms. The number of halogens is 1. The number of nitrogens with two attached hydrogens (primary N) is 1. The quantitative estimate of drug-likeness (QED) is 0.755. The van der Waals surface area contributed by atoms with Crippen molar-refractivity contribution in [2.24, 2.45) is 5.92 Å². The van der Waals surface area contributed by atoms with E-state index in [4.69, 9.17) is 11.0 Å². The van der Waals surface area contributed by atoms with Gasteiger partial charge in [0, 0.05) is 6.54 Å². The van der Waals surface area contributed by atoms with Crippen molar-refractivity contribution >= 4 is 11.6 Å².